The molecule has 1 aromatic heterocycles. The summed E-state index contributed by atoms with van der Waals surface area (Å²) >= 11 is 0. The molecule has 13 nitrogen and oxygen atoms in total. The van der Waals surface area contributed by atoms with Gasteiger partial charge in [0.1, 0.15) is 17.8 Å². The first-order chi connectivity index (χ1) is 25.9. The van der Waals surface area contributed by atoms with Crippen LogP contribution >= 0.6 is 0 Å². The van der Waals surface area contributed by atoms with Crippen LogP contribution in [-0.2, 0) is 11.2 Å². The first-order valence-electron chi connectivity index (χ1n) is 16.8. The number of hydrogen-bond donors (Lipinski definition) is 5. The van der Waals surface area contributed by atoms with Crippen LogP contribution in [0.2, 0.25) is 0 Å². The van der Waals surface area contributed by atoms with Gasteiger partial charge in [-0.05, 0) is 74.4 Å². The minimum atomic E-state index is -0.946. The normalized spacial score (nSPS) is 11.1. The lowest BCUT2D eigenvalue weighted by Gasteiger charge is -2.15. The van der Waals surface area contributed by atoms with Crippen molar-refractivity contribution in [2.24, 2.45) is 5.92 Å². The molecular weight excluding hydrogens is 688 g/mol. The molecule has 54 heavy (non-hydrogen) atoms. The van der Waals surface area contributed by atoms with Crippen LogP contribution in [0.25, 0.3) is 0 Å². The van der Waals surface area contributed by atoms with Crippen molar-refractivity contribution in [1.82, 2.24) is 9.97 Å². The number of carbonyl (C=O) groups excluding carboxylic acids is 5. The number of nitrogens with zero attached hydrogens (tertiary/aromatic N) is 3. The van der Waals surface area contributed by atoms with Gasteiger partial charge in [-0.15, -0.1) is 0 Å². The predicted octanol–water partition coefficient (Wildman–Crippen LogP) is 6.48. The minimum Gasteiger partial charge on any atom is -0.507 e. The molecule has 4 aromatic carbocycles. The van der Waals surface area contributed by atoms with Gasteiger partial charge in [-0.3, -0.25) is 24.0 Å². The average molecular weight is 725 g/mol. The number of carbonyl (C=O) groups is 5. The van der Waals surface area contributed by atoms with Gasteiger partial charge in [0.25, 0.3) is 11.8 Å². The fourth-order valence-electron chi connectivity index (χ4n) is 5.57. The summed E-state index contributed by atoms with van der Waals surface area (Å²) in [7, 11) is 0. The average Bonchev–Trinajstić information content (AvgIpc) is 3.17. The smallest absolute Gasteiger partial charge is 0.259 e. The third-order valence-corrected chi connectivity index (χ3v) is 8.88. The number of Topliss-reactive ketones (excluding diaryl/α,β-unsaturated/α-hetero) is 2. The Kier molecular flexibility index (Phi) is 11.9. The molecule has 0 fully saturated rings. The van der Waals surface area contributed by atoms with Crippen LogP contribution in [0.5, 0.6) is 11.5 Å². The van der Waals surface area contributed by atoms with E-state index in [1.54, 1.807) is 57.2 Å². The lowest BCUT2D eigenvalue weighted by atomic mass is 9.94. The first kappa shape index (κ1) is 38.0. The molecule has 3 amide bonds. The molecule has 272 valence electrons. The van der Waals surface area contributed by atoms with Gasteiger partial charge in [0.15, 0.2) is 11.6 Å². The number of anilines is 3. The molecular formula is C41H36N6O7. The molecule has 0 aliphatic carbocycles. The number of amides is 3. The Morgan fingerprint density at radius 1 is 0.685 bits per heavy atom. The predicted molar refractivity (Wildman–Crippen MR) is 201 cm³/mol. The van der Waals surface area contributed by atoms with Gasteiger partial charge in [0, 0.05) is 71.0 Å². The highest BCUT2D eigenvalue weighted by atomic mass is 16.3. The van der Waals surface area contributed by atoms with E-state index in [1.807, 2.05) is 6.07 Å². The third kappa shape index (κ3) is 8.99. The number of aromatic nitrogens is 2. The Balaban J connectivity index is 1.17. The number of nitriles is 1. The monoisotopic (exact) mass is 724 g/mol. The Morgan fingerprint density at radius 2 is 1.28 bits per heavy atom. The van der Waals surface area contributed by atoms with Crippen LogP contribution in [0.3, 0.4) is 0 Å². The first-order valence-corrected chi connectivity index (χ1v) is 16.8. The molecule has 0 saturated heterocycles. The highest BCUT2D eigenvalue weighted by molar-refractivity contribution is 6.09. The number of nitrogens with one attached hydrogen (secondary N) is 3. The molecule has 0 saturated carbocycles. The SMILES string of the molecule is Cc1ccc(NC(=O)c2ccc(NC(=O)c3ccc(NC(=O)C(CC#N)CC(=O)c4ccc(CC(=O)c5cncnc5)cc4)cc3)c(C)c2O)c(C)c1O. The maximum atomic E-state index is 13.1. The molecule has 0 bridgehead atoms. The second-order valence-corrected chi connectivity index (χ2v) is 12.6. The highest BCUT2D eigenvalue weighted by Gasteiger charge is 2.24. The van der Waals surface area contributed by atoms with Gasteiger partial charge in [0.05, 0.1) is 23.1 Å². The molecule has 5 rings (SSSR count). The van der Waals surface area contributed by atoms with Crippen LogP contribution in [0, 0.1) is 38.0 Å². The number of phenolic OH excluding ortho intramolecular Hbond substituents is 2. The minimum absolute atomic E-state index is 0.0251. The van der Waals surface area contributed by atoms with Gasteiger partial charge in [0.2, 0.25) is 5.91 Å². The fourth-order valence-corrected chi connectivity index (χ4v) is 5.57. The number of rotatable bonds is 13. The van der Waals surface area contributed by atoms with Gasteiger partial charge in [-0.25, -0.2) is 9.97 Å². The van der Waals surface area contributed by atoms with Crippen LogP contribution < -0.4 is 16.0 Å². The molecule has 5 N–H and O–H groups in total. The van der Waals surface area contributed by atoms with Gasteiger partial charge in [-0.1, -0.05) is 30.3 Å². The van der Waals surface area contributed by atoms with Crippen molar-refractivity contribution >= 4 is 46.4 Å². The van der Waals surface area contributed by atoms with E-state index in [0.29, 0.717) is 39.2 Å². The highest BCUT2D eigenvalue weighted by Crippen LogP contribution is 2.32. The maximum absolute atomic E-state index is 13.1. The second-order valence-electron chi connectivity index (χ2n) is 12.6. The van der Waals surface area contributed by atoms with E-state index >= 15 is 0 Å². The number of aromatic hydroxyl groups is 2. The summed E-state index contributed by atoms with van der Waals surface area (Å²) in [6, 6.07) is 20.6. The van der Waals surface area contributed by atoms with E-state index in [0.717, 1.165) is 0 Å². The van der Waals surface area contributed by atoms with Crippen molar-refractivity contribution in [3.63, 3.8) is 0 Å². The summed E-state index contributed by atoms with van der Waals surface area (Å²) in [5.41, 5.74) is 3.99. The Morgan fingerprint density at radius 3 is 1.93 bits per heavy atom. The van der Waals surface area contributed by atoms with Crippen molar-refractivity contribution in [1.29, 1.82) is 5.26 Å². The van der Waals surface area contributed by atoms with Crippen LogP contribution in [0.1, 0.15) is 76.5 Å². The number of hydrogen-bond acceptors (Lipinski definition) is 10. The molecule has 0 aliphatic rings. The van der Waals surface area contributed by atoms with Crippen molar-refractivity contribution in [3.05, 3.63) is 136 Å². The van der Waals surface area contributed by atoms with Crippen LogP contribution in [0.4, 0.5) is 17.1 Å². The Hall–Kier alpha value is -7.20. The van der Waals surface area contributed by atoms with E-state index in [-0.39, 0.29) is 64.7 Å². The molecule has 0 aliphatic heterocycles. The quantitative estimate of drug-likeness (QED) is 0.0834. The summed E-state index contributed by atoms with van der Waals surface area (Å²) < 4.78 is 0. The number of benzene rings is 4. The largest absolute Gasteiger partial charge is 0.507 e. The summed E-state index contributed by atoms with van der Waals surface area (Å²) in [6.07, 6.45) is 3.87. The molecule has 13 heteroatoms. The third-order valence-electron chi connectivity index (χ3n) is 8.88. The van der Waals surface area contributed by atoms with E-state index in [4.69, 9.17) is 0 Å². The maximum Gasteiger partial charge on any atom is 0.259 e. The lowest BCUT2D eigenvalue weighted by molar-refractivity contribution is -0.119. The summed E-state index contributed by atoms with van der Waals surface area (Å²) in [4.78, 5) is 72.4. The standard InChI is InChI=1S/C41H36N6O7/c1-23-4-14-33(24(2)37(23)50)47-41(54)32-13-15-34(25(3)38(32)51)46-39(52)28-9-11-31(12-10-28)45-40(53)29(16-17-42)19-36(49)27-7-5-26(6-8-27)18-35(48)30-20-43-22-44-21-30/h4-15,20-22,29,50-51H,16,18-19H2,1-3H3,(H,45,53)(H,46,52)(H,47,54). The zero-order chi connectivity index (χ0) is 38.9. The van der Waals surface area contributed by atoms with Gasteiger partial charge < -0.3 is 26.2 Å². The molecule has 0 radical (unpaired) electrons. The molecule has 0 spiro atoms. The number of ketones is 2. The second kappa shape index (κ2) is 16.9. The van der Waals surface area contributed by atoms with Crippen molar-refractivity contribution in [2.75, 3.05) is 16.0 Å². The fraction of sp³-hybridized carbons (Fsp3) is 0.171. The van der Waals surface area contributed by atoms with Crippen molar-refractivity contribution in [2.45, 2.75) is 40.0 Å². The number of aryl methyl sites for hydroxylation is 1. The van der Waals surface area contributed by atoms with E-state index in [1.165, 1.54) is 55.1 Å². The Labute approximate surface area is 310 Å². The van der Waals surface area contributed by atoms with Gasteiger partial charge >= 0.3 is 0 Å². The molecule has 1 atom stereocenters. The van der Waals surface area contributed by atoms with Crippen molar-refractivity contribution in [3.8, 4) is 17.6 Å². The molecule has 1 unspecified atom stereocenters. The van der Waals surface area contributed by atoms with E-state index < -0.39 is 23.6 Å². The zero-order valence-corrected chi connectivity index (χ0v) is 29.6. The van der Waals surface area contributed by atoms with Crippen LogP contribution in [0.15, 0.2) is 91.5 Å². The Bertz CT molecular complexity index is 2280. The summed E-state index contributed by atoms with van der Waals surface area (Å²) in [5, 5.41) is 38.5. The number of phenols is 2. The summed E-state index contributed by atoms with van der Waals surface area (Å²) in [6.45, 7) is 4.95. The van der Waals surface area contributed by atoms with E-state index in [2.05, 4.69) is 25.9 Å². The topological polar surface area (TPSA) is 211 Å². The van der Waals surface area contributed by atoms with E-state index in [9.17, 15) is 39.4 Å². The van der Waals surface area contributed by atoms with Crippen molar-refractivity contribution < 1.29 is 34.2 Å². The summed E-state index contributed by atoms with van der Waals surface area (Å²) in [5.74, 6) is -3.39. The lowest BCUT2D eigenvalue weighted by Crippen LogP contribution is -2.25. The van der Waals surface area contributed by atoms with Crippen LogP contribution in [-0.4, -0.2) is 49.5 Å². The zero-order valence-electron chi connectivity index (χ0n) is 29.6. The van der Waals surface area contributed by atoms with Gasteiger partial charge in [-0.2, -0.15) is 5.26 Å². The molecule has 1 heterocycles. The molecule has 5 aromatic rings.